The van der Waals surface area contributed by atoms with Crippen molar-refractivity contribution < 1.29 is 9.53 Å². The number of thioether (sulfide) groups is 1. The van der Waals surface area contributed by atoms with Crippen molar-refractivity contribution in [3.05, 3.63) is 29.8 Å². The molecule has 1 aromatic rings. The fraction of sp³-hybridized carbons (Fsp3) is 0.562. The van der Waals surface area contributed by atoms with Gasteiger partial charge in [0.05, 0.1) is 12.5 Å². The molecule has 0 radical (unpaired) electrons. The number of hydrogen-bond acceptors (Lipinski definition) is 4. The maximum atomic E-state index is 11.8. The van der Waals surface area contributed by atoms with Crippen molar-refractivity contribution >= 4 is 17.7 Å². The summed E-state index contributed by atoms with van der Waals surface area (Å²) in [7, 11) is 0. The number of carbonyl (C=O) groups excluding carboxylic acids is 1. The minimum Gasteiger partial charge on any atom is -0.466 e. The second-order valence-corrected chi connectivity index (χ2v) is 6.05. The SMILES string of the molecule is CCOC(=O)C1CCCN(Cc2ccc(SC)cc2)C1. The van der Waals surface area contributed by atoms with Crippen molar-refractivity contribution in [3.63, 3.8) is 0 Å². The monoisotopic (exact) mass is 293 g/mol. The first kappa shape index (κ1) is 15.4. The van der Waals surface area contributed by atoms with Crippen molar-refractivity contribution in [1.82, 2.24) is 4.90 Å². The molecule has 1 aliphatic rings. The molecule has 0 spiro atoms. The van der Waals surface area contributed by atoms with Gasteiger partial charge in [-0.3, -0.25) is 9.69 Å². The van der Waals surface area contributed by atoms with Crippen LogP contribution in [0.3, 0.4) is 0 Å². The van der Waals surface area contributed by atoms with Crippen LogP contribution in [0.25, 0.3) is 0 Å². The number of benzene rings is 1. The first-order valence-electron chi connectivity index (χ1n) is 7.25. The summed E-state index contributed by atoms with van der Waals surface area (Å²) in [5, 5.41) is 0. The summed E-state index contributed by atoms with van der Waals surface area (Å²) in [5.74, 6) is 0.0177. The molecular weight excluding hydrogens is 270 g/mol. The predicted molar refractivity (Wildman–Crippen MR) is 82.9 cm³/mol. The van der Waals surface area contributed by atoms with E-state index in [0.29, 0.717) is 6.61 Å². The van der Waals surface area contributed by atoms with Gasteiger partial charge in [0.25, 0.3) is 0 Å². The van der Waals surface area contributed by atoms with E-state index in [2.05, 4.69) is 35.4 Å². The number of nitrogens with zero attached hydrogens (tertiary/aromatic N) is 1. The molecule has 2 rings (SSSR count). The van der Waals surface area contributed by atoms with Crippen molar-refractivity contribution in [1.29, 1.82) is 0 Å². The van der Waals surface area contributed by atoms with Crippen LogP contribution in [0.1, 0.15) is 25.3 Å². The van der Waals surface area contributed by atoms with Crippen LogP contribution in [0.5, 0.6) is 0 Å². The Morgan fingerprint density at radius 1 is 1.40 bits per heavy atom. The standard InChI is InChI=1S/C16H23NO2S/c1-3-19-16(18)14-5-4-10-17(12-14)11-13-6-8-15(20-2)9-7-13/h6-9,14H,3-5,10-12H2,1-2H3. The molecule has 0 saturated carbocycles. The zero-order chi connectivity index (χ0) is 14.4. The van der Waals surface area contributed by atoms with Crippen molar-refractivity contribution in [2.45, 2.75) is 31.2 Å². The first-order valence-corrected chi connectivity index (χ1v) is 8.47. The zero-order valence-corrected chi connectivity index (χ0v) is 13.1. The van der Waals surface area contributed by atoms with E-state index in [4.69, 9.17) is 4.74 Å². The van der Waals surface area contributed by atoms with E-state index in [0.717, 1.165) is 32.5 Å². The molecular formula is C16H23NO2S. The lowest BCUT2D eigenvalue weighted by Crippen LogP contribution is -2.38. The molecule has 1 heterocycles. The Kier molecular flexibility index (Phi) is 5.92. The number of hydrogen-bond donors (Lipinski definition) is 0. The van der Waals surface area contributed by atoms with Gasteiger partial charge in [-0.2, -0.15) is 0 Å². The molecule has 4 heteroatoms. The van der Waals surface area contributed by atoms with Gasteiger partial charge in [-0.1, -0.05) is 12.1 Å². The van der Waals surface area contributed by atoms with Crippen molar-refractivity contribution in [2.24, 2.45) is 5.92 Å². The van der Waals surface area contributed by atoms with Crippen LogP contribution in [0.4, 0.5) is 0 Å². The number of rotatable bonds is 5. The second-order valence-electron chi connectivity index (χ2n) is 5.17. The van der Waals surface area contributed by atoms with Crippen LogP contribution < -0.4 is 0 Å². The number of carbonyl (C=O) groups is 1. The molecule has 0 N–H and O–H groups in total. The lowest BCUT2D eigenvalue weighted by molar-refractivity contribution is -0.150. The summed E-state index contributed by atoms with van der Waals surface area (Å²) in [5.41, 5.74) is 1.31. The van der Waals surface area contributed by atoms with E-state index in [1.54, 1.807) is 11.8 Å². The molecule has 3 nitrogen and oxygen atoms in total. The minimum atomic E-state index is -0.0325. The Balaban J connectivity index is 1.90. The Bertz CT molecular complexity index is 433. The highest BCUT2D eigenvalue weighted by atomic mass is 32.2. The molecule has 1 atom stereocenters. The molecule has 0 amide bonds. The van der Waals surface area contributed by atoms with Crippen LogP contribution >= 0.6 is 11.8 Å². The number of ether oxygens (including phenoxy) is 1. The summed E-state index contributed by atoms with van der Waals surface area (Å²) in [6.07, 6.45) is 4.12. The molecule has 20 heavy (non-hydrogen) atoms. The largest absolute Gasteiger partial charge is 0.466 e. The molecule has 110 valence electrons. The van der Waals surface area contributed by atoms with Crippen LogP contribution in [0.2, 0.25) is 0 Å². The molecule has 0 bridgehead atoms. The Morgan fingerprint density at radius 2 is 2.15 bits per heavy atom. The lowest BCUT2D eigenvalue weighted by Gasteiger charge is -2.31. The van der Waals surface area contributed by atoms with Crippen LogP contribution in [0.15, 0.2) is 29.2 Å². The summed E-state index contributed by atoms with van der Waals surface area (Å²) < 4.78 is 5.14. The third-order valence-corrected chi connectivity index (χ3v) is 4.43. The van der Waals surface area contributed by atoms with E-state index < -0.39 is 0 Å². The Morgan fingerprint density at radius 3 is 2.80 bits per heavy atom. The molecule has 1 fully saturated rings. The Hall–Kier alpha value is -1.00. The van der Waals surface area contributed by atoms with Gasteiger partial charge in [0.15, 0.2) is 0 Å². The topological polar surface area (TPSA) is 29.5 Å². The van der Waals surface area contributed by atoms with Crippen molar-refractivity contribution in [2.75, 3.05) is 26.0 Å². The second kappa shape index (κ2) is 7.70. The number of piperidine rings is 1. The molecule has 1 unspecified atom stereocenters. The minimum absolute atomic E-state index is 0.0325. The fourth-order valence-electron chi connectivity index (χ4n) is 2.64. The van der Waals surface area contributed by atoms with E-state index in [1.165, 1.54) is 10.5 Å². The third-order valence-electron chi connectivity index (χ3n) is 3.69. The van der Waals surface area contributed by atoms with Gasteiger partial charge in [0.1, 0.15) is 0 Å². The van der Waals surface area contributed by atoms with E-state index >= 15 is 0 Å². The maximum Gasteiger partial charge on any atom is 0.310 e. The summed E-state index contributed by atoms with van der Waals surface area (Å²) in [6, 6.07) is 8.68. The van der Waals surface area contributed by atoms with E-state index in [1.807, 2.05) is 6.92 Å². The molecule has 1 saturated heterocycles. The maximum absolute atomic E-state index is 11.8. The first-order chi connectivity index (χ1) is 9.72. The fourth-order valence-corrected chi connectivity index (χ4v) is 3.05. The summed E-state index contributed by atoms with van der Waals surface area (Å²) in [6.45, 7) is 5.16. The van der Waals surface area contributed by atoms with Crippen LogP contribution in [-0.4, -0.2) is 36.8 Å². The quantitative estimate of drug-likeness (QED) is 0.616. The van der Waals surface area contributed by atoms with Crippen LogP contribution in [0, 0.1) is 5.92 Å². The van der Waals surface area contributed by atoms with E-state index in [-0.39, 0.29) is 11.9 Å². The highest BCUT2D eigenvalue weighted by molar-refractivity contribution is 7.98. The summed E-state index contributed by atoms with van der Waals surface area (Å²) in [4.78, 5) is 15.5. The van der Waals surface area contributed by atoms with Gasteiger partial charge < -0.3 is 4.74 Å². The molecule has 1 aromatic carbocycles. The third kappa shape index (κ3) is 4.25. The van der Waals surface area contributed by atoms with Gasteiger partial charge in [0.2, 0.25) is 0 Å². The van der Waals surface area contributed by atoms with Gasteiger partial charge in [-0.05, 0) is 50.3 Å². The molecule has 0 aromatic heterocycles. The number of esters is 1. The normalized spacial score (nSPS) is 19.8. The average Bonchev–Trinajstić information content (AvgIpc) is 2.48. The Labute approximate surface area is 125 Å². The van der Waals surface area contributed by atoms with Gasteiger partial charge in [-0.25, -0.2) is 0 Å². The van der Waals surface area contributed by atoms with Crippen LogP contribution in [-0.2, 0) is 16.1 Å². The smallest absolute Gasteiger partial charge is 0.310 e. The van der Waals surface area contributed by atoms with E-state index in [9.17, 15) is 4.79 Å². The van der Waals surface area contributed by atoms with Crippen molar-refractivity contribution in [3.8, 4) is 0 Å². The molecule has 0 aliphatic carbocycles. The van der Waals surface area contributed by atoms with Gasteiger partial charge in [-0.15, -0.1) is 11.8 Å². The molecule has 1 aliphatic heterocycles. The summed E-state index contributed by atoms with van der Waals surface area (Å²) >= 11 is 1.76. The predicted octanol–water partition coefficient (Wildman–Crippen LogP) is 3.18. The van der Waals surface area contributed by atoms with Gasteiger partial charge in [0, 0.05) is 18.0 Å². The lowest BCUT2D eigenvalue weighted by atomic mass is 9.98. The zero-order valence-electron chi connectivity index (χ0n) is 12.3. The highest BCUT2D eigenvalue weighted by Gasteiger charge is 2.26. The highest BCUT2D eigenvalue weighted by Crippen LogP contribution is 2.21. The number of likely N-dealkylation sites (tertiary alicyclic amines) is 1. The van der Waals surface area contributed by atoms with Gasteiger partial charge >= 0.3 is 5.97 Å². The average molecular weight is 293 g/mol.